The number of hydrogen-bond acceptors (Lipinski definition) is 2. The number of amides is 2. The van der Waals surface area contributed by atoms with Crippen LogP contribution in [0.15, 0.2) is 36.4 Å². The van der Waals surface area contributed by atoms with Crippen LogP contribution in [-0.2, 0) is 0 Å². The van der Waals surface area contributed by atoms with Crippen LogP contribution in [0.4, 0.5) is 29.3 Å². The number of hydrogen-bond donors (Lipinski definition) is 2. The Labute approximate surface area is 148 Å². The lowest BCUT2D eigenvalue weighted by atomic mass is 10.1. The molecule has 2 amide bonds. The lowest BCUT2D eigenvalue weighted by Gasteiger charge is -2.33. The fourth-order valence-electron chi connectivity index (χ4n) is 2.36. The second-order valence-corrected chi connectivity index (χ2v) is 6.54. The molecule has 0 spiro atoms. The van der Waals surface area contributed by atoms with Gasteiger partial charge in [-0.2, -0.15) is 0 Å². The lowest BCUT2D eigenvalue weighted by Crippen LogP contribution is -2.45. The SMILES string of the molecule is CC(C)(C)N(C(=O)O)c1ccc(F)c(NC(=O)c2ccc(F)c(F)c2)c1. The Morgan fingerprint density at radius 3 is 2.12 bits per heavy atom. The van der Waals surface area contributed by atoms with Crippen molar-refractivity contribution in [2.45, 2.75) is 26.3 Å². The molecule has 0 aliphatic carbocycles. The number of carbonyl (C=O) groups excluding carboxylic acids is 1. The van der Waals surface area contributed by atoms with E-state index >= 15 is 0 Å². The summed E-state index contributed by atoms with van der Waals surface area (Å²) in [5.74, 6) is -3.99. The molecule has 2 aromatic carbocycles. The van der Waals surface area contributed by atoms with E-state index < -0.39 is 35.0 Å². The van der Waals surface area contributed by atoms with Gasteiger partial charge in [0.25, 0.3) is 5.91 Å². The van der Waals surface area contributed by atoms with Gasteiger partial charge >= 0.3 is 6.09 Å². The molecule has 0 heterocycles. The van der Waals surface area contributed by atoms with Crippen molar-refractivity contribution in [3.05, 3.63) is 59.4 Å². The van der Waals surface area contributed by atoms with Gasteiger partial charge in [0, 0.05) is 16.8 Å². The number of rotatable bonds is 3. The van der Waals surface area contributed by atoms with E-state index in [0.29, 0.717) is 6.07 Å². The normalized spacial score (nSPS) is 11.2. The monoisotopic (exact) mass is 366 g/mol. The molecule has 138 valence electrons. The summed E-state index contributed by atoms with van der Waals surface area (Å²) in [4.78, 5) is 24.7. The summed E-state index contributed by atoms with van der Waals surface area (Å²) in [7, 11) is 0. The predicted octanol–water partition coefficient (Wildman–Crippen LogP) is 4.64. The molecule has 0 radical (unpaired) electrons. The zero-order valence-electron chi connectivity index (χ0n) is 14.3. The first-order valence-electron chi connectivity index (χ1n) is 7.60. The molecule has 0 fully saturated rings. The summed E-state index contributed by atoms with van der Waals surface area (Å²) in [5, 5.41) is 11.6. The topological polar surface area (TPSA) is 69.6 Å². The number of halogens is 3. The zero-order valence-corrected chi connectivity index (χ0v) is 14.3. The van der Waals surface area contributed by atoms with Gasteiger partial charge in [-0.05, 0) is 57.2 Å². The third-order valence-electron chi connectivity index (χ3n) is 3.50. The summed E-state index contributed by atoms with van der Waals surface area (Å²) in [6.45, 7) is 4.97. The molecule has 2 rings (SSSR count). The Morgan fingerprint density at radius 2 is 1.58 bits per heavy atom. The summed E-state index contributed by atoms with van der Waals surface area (Å²) >= 11 is 0. The maximum absolute atomic E-state index is 14.0. The van der Waals surface area contributed by atoms with E-state index in [9.17, 15) is 27.9 Å². The molecule has 0 bridgehead atoms. The molecule has 8 heteroatoms. The van der Waals surface area contributed by atoms with E-state index in [2.05, 4.69) is 5.32 Å². The number of carbonyl (C=O) groups is 2. The van der Waals surface area contributed by atoms with Gasteiger partial charge in [0.1, 0.15) is 5.82 Å². The highest BCUT2D eigenvalue weighted by Crippen LogP contribution is 2.28. The maximum atomic E-state index is 14.0. The van der Waals surface area contributed by atoms with E-state index in [4.69, 9.17) is 0 Å². The van der Waals surface area contributed by atoms with Crippen LogP contribution >= 0.6 is 0 Å². The molecule has 0 saturated carbocycles. The highest BCUT2D eigenvalue weighted by Gasteiger charge is 2.28. The van der Waals surface area contributed by atoms with E-state index in [0.717, 1.165) is 29.2 Å². The van der Waals surface area contributed by atoms with Crippen molar-refractivity contribution in [3.8, 4) is 0 Å². The van der Waals surface area contributed by atoms with Crippen LogP contribution in [0.1, 0.15) is 31.1 Å². The van der Waals surface area contributed by atoms with Crippen molar-refractivity contribution in [2.75, 3.05) is 10.2 Å². The molecule has 2 aromatic rings. The second kappa shape index (κ2) is 7.07. The van der Waals surface area contributed by atoms with Gasteiger partial charge in [-0.25, -0.2) is 18.0 Å². The Kier molecular flexibility index (Phi) is 5.25. The first-order chi connectivity index (χ1) is 12.0. The molecule has 0 aliphatic rings. The number of carboxylic acid groups (broad SMARTS) is 1. The van der Waals surface area contributed by atoms with Gasteiger partial charge < -0.3 is 10.4 Å². The fourth-order valence-corrected chi connectivity index (χ4v) is 2.36. The smallest absolute Gasteiger partial charge is 0.412 e. The van der Waals surface area contributed by atoms with Gasteiger partial charge in [0.05, 0.1) is 5.69 Å². The molecule has 2 N–H and O–H groups in total. The van der Waals surface area contributed by atoms with E-state index in [-0.39, 0.29) is 16.9 Å². The Morgan fingerprint density at radius 1 is 0.962 bits per heavy atom. The average molecular weight is 366 g/mol. The summed E-state index contributed by atoms with van der Waals surface area (Å²) < 4.78 is 40.2. The quantitative estimate of drug-likeness (QED) is 0.831. The molecule has 5 nitrogen and oxygen atoms in total. The molecule has 0 atom stereocenters. The number of nitrogens with one attached hydrogen (secondary N) is 1. The van der Waals surface area contributed by atoms with Crippen LogP contribution in [0.5, 0.6) is 0 Å². The standard InChI is InChI=1S/C18H17F3N2O3/c1-18(2,3)23(17(25)26)11-5-7-13(20)15(9-11)22-16(24)10-4-6-12(19)14(21)8-10/h4-9H,1-3H3,(H,22,24)(H,25,26). The minimum Gasteiger partial charge on any atom is -0.465 e. The Balaban J connectivity index is 2.36. The Bertz CT molecular complexity index is 863. The minimum atomic E-state index is -1.25. The van der Waals surface area contributed by atoms with Crippen molar-refractivity contribution >= 4 is 23.4 Å². The Hall–Kier alpha value is -3.03. The first kappa shape index (κ1) is 19.3. The molecular weight excluding hydrogens is 349 g/mol. The van der Waals surface area contributed by atoms with Crippen molar-refractivity contribution in [3.63, 3.8) is 0 Å². The molecule has 0 aromatic heterocycles. The fraction of sp³-hybridized carbons (Fsp3) is 0.222. The summed E-state index contributed by atoms with van der Waals surface area (Å²) in [5.41, 5.74) is -1.16. The first-order valence-corrected chi connectivity index (χ1v) is 7.60. The number of nitrogens with zero attached hydrogens (tertiary/aromatic N) is 1. The average Bonchev–Trinajstić information content (AvgIpc) is 2.51. The molecular formula is C18H17F3N2O3. The van der Waals surface area contributed by atoms with Gasteiger partial charge in [-0.15, -0.1) is 0 Å². The van der Waals surface area contributed by atoms with Crippen molar-refractivity contribution in [1.82, 2.24) is 0 Å². The van der Waals surface area contributed by atoms with E-state index in [1.54, 1.807) is 20.8 Å². The molecule has 0 aliphatic heterocycles. The van der Waals surface area contributed by atoms with Crippen LogP contribution in [-0.4, -0.2) is 22.6 Å². The third-order valence-corrected chi connectivity index (χ3v) is 3.50. The number of benzene rings is 2. The molecule has 0 unspecified atom stereocenters. The van der Waals surface area contributed by atoms with Crippen LogP contribution in [0.2, 0.25) is 0 Å². The number of anilines is 2. The highest BCUT2D eigenvalue weighted by atomic mass is 19.2. The predicted molar refractivity (Wildman–Crippen MR) is 91.0 cm³/mol. The van der Waals surface area contributed by atoms with Gasteiger partial charge in [0.2, 0.25) is 0 Å². The van der Waals surface area contributed by atoms with E-state index in [1.165, 1.54) is 6.07 Å². The van der Waals surface area contributed by atoms with Crippen LogP contribution in [0.3, 0.4) is 0 Å². The summed E-state index contributed by atoms with van der Waals surface area (Å²) in [6.07, 6.45) is -1.25. The second-order valence-electron chi connectivity index (χ2n) is 6.54. The van der Waals surface area contributed by atoms with Crippen molar-refractivity contribution < 1.29 is 27.9 Å². The van der Waals surface area contributed by atoms with Crippen LogP contribution < -0.4 is 10.2 Å². The van der Waals surface area contributed by atoms with Gasteiger partial charge in [0.15, 0.2) is 11.6 Å². The maximum Gasteiger partial charge on any atom is 0.412 e. The lowest BCUT2D eigenvalue weighted by molar-refractivity contribution is 0.102. The zero-order chi connectivity index (χ0) is 19.6. The molecule has 26 heavy (non-hydrogen) atoms. The third kappa shape index (κ3) is 4.14. The van der Waals surface area contributed by atoms with Crippen LogP contribution in [0, 0.1) is 17.5 Å². The summed E-state index contributed by atoms with van der Waals surface area (Å²) in [6, 6.07) is 5.95. The van der Waals surface area contributed by atoms with Crippen molar-refractivity contribution in [2.24, 2.45) is 0 Å². The largest absolute Gasteiger partial charge is 0.465 e. The van der Waals surface area contributed by atoms with Crippen LogP contribution in [0.25, 0.3) is 0 Å². The van der Waals surface area contributed by atoms with Gasteiger partial charge in [-0.3, -0.25) is 9.69 Å². The highest BCUT2D eigenvalue weighted by molar-refractivity contribution is 6.04. The van der Waals surface area contributed by atoms with E-state index in [1.807, 2.05) is 0 Å². The van der Waals surface area contributed by atoms with Crippen molar-refractivity contribution in [1.29, 1.82) is 0 Å². The molecule has 0 saturated heterocycles. The minimum absolute atomic E-state index is 0.145. The van der Waals surface area contributed by atoms with Gasteiger partial charge in [-0.1, -0.05) is 0 Å².